The maximum atomic E-state index is 12.6. The van der Waals surface area contributed by atoms with Crippen LogP contribution in [0.15, 0.2) is 41.5 Å². The number of amides is 4. The second kappa shape index (κ2) is 10.0. The molecule has 1 saturated heterocycles. The minimum absolute atomic E-state index is 0.133. The first-order valence-corrected chi connectivity index (χ1v) is 9.75. The first-order valence-electron chi connectivity index (χ1n) is 9.75. The van der Waals surface area contributed by atoms with Gasteiger partial charge in [-0.2, -0.15) is 0 Å². The molecule has 0 aromatic heterocycles. The summed E-state index contributed by atoms with van der Waals surface area (Å²) in [5, 5.41) is 2.73. The molecule has 0 aliphatic carbocycles. The largest absolute Gasteiger partial charge is 0.338 e. The summed E-state index contributed by atoms with van der Waals surface area (Å²) in [6, 6.07) is 7.17. The molecule has 1 aliphatic heterocycles. The minimum Gasteiger partial charge on any atom is -0.338 e. The van der Waals surface area contributed by atoms with Crippen LogP contribution in [0.1, 0.15) is 19.4 Å². The van der Waals surface area contributed by atoms with Crippen molar-refractivity contribution < 1.29 is 14.4 Å². The Labute approximate surface area is 177 Å². The number of aliphatic imine (C=N–C) groups is 1. The van der Waals surface area contributed by atoms with Gasteiger partial charge in [-0.3, -0.25) is 24.8 Å². The summed E-state index contributed by atoms with van der Waals surface area (Å²) in [6.45, 7) is 6.96. The molecule has 30 heavy (non-hydrogen) atoms. The fourth-order valence-electron chi connectivity index (χ4n) is 2.93. The number of benzene rings is 1. The number of carbonyl (C=O) groups excluding carboxylic acids is 3. The zero-order valence-electron chi connectivity index (χ0n) is 18.0. The van der Waals surface area contributed by atoms with E-state index < -0.39 is 5.54 Å². The Balaban J connectivity index is 1.93. The van der Waals surface area contributed by atoms with Gasteiger partial charge in [0, 0.05) is 45.1 Å². The van der Waals surface area contributed by atoms with E-state index in [9.17, 15) is 14.4 Å². The van der Waals surface area contributed by atoms with Gasteiger partial charge in [-0.15, -0.1) is 0 Å². The lowest BCUT2D eigenvalue weighted by Crippen LogP contribution is -2.59. The molecular weight excluding hydrogens is 384 g/mol. The average molecular weight is 415 g/mol. The number of nitrogens with one attached hydrogen (secondary N) is 1. The Hall–Kier alpha value is -3.20. The lowest BCUT2D eigenvalue weighted by molar-refractivity contribution is -0.137. The molecule has 0 atom stereocenters. The first kappa shape index (κ1) is 23.1. The van der Waals surface area contributed by atoms with Crippen molar-refractivity contribution in [3.63, 3.8) is 0 Å². The Morgan fingerprint density at radius 3 is 2.20 bits per heavy atom. The van der Waals surface area contributed by atoms with Crippen molar-refractivity contribution in [2.45, 2.75) is 26.3 Å². The lowest BCUT2D eigenvalue weighted by atomic mass is 10.1. The number of hydrogen-bond donors (Lipinski definition) is 2. The highest BCUT2D eigenvalue weighted by molar-refractivity contribution is 6.04. The lowest BCUT2D eigenvalue weighted by Gasteiger charge is -2.37. The summed E-state index contributed by atoms with van der Waals surface area (Å²) < 4.78 is 0. The summed E-state index contributed by atoms with van der Waals surface area (Å²) in [6.07, 6.45) is 3.79. The third-order valence-electron chi connectivity index (χ3n) is 4.72. The Morgan fingerprint density at radius 2 is 1.70 bits per heavy atom. The number of nitrogens with zero attached hydrogens (tertiary/aromatic N) is 4. The number of nitrogens with two attached hydrogens (primary N) is 1. The first-order chi connectivity index (χ1) is 14.2. The quantitative estimate of drug-likeness (QED) is 0.427. The van der Waals surface area contributed by atoms with Crippen molar-refractivity contribution in [1.29, 1.82) is 0 Å². The number of amidine groups is 1. The van der Waals surface area contributed by atoms with Crippen molar-refractivity contribution in [1.82, 2.24) is 15.1 Å². The summed E-state index contributed by atoms with van der Waals surface area (Å²) in [5.74, 6) is 0.187. The molecule has 1 aromatic carbocycles. The number of rotatable bonds is 5. The number of hydrogen-bond acceptors (Lipinski definition) is 5. The van der Waals surface area contributed by atoms with E-state index in [0.717, 1.165) is 5.56 Å². The highest BCUT2D eigenvalue weighted by atomic mass is 16.2. The Bertz CT molecular complexity index is 818. The van der Waals surface area contributed by atoms with E-state index in [-0.39, 0.29) is 11.9 Å². The molecule has 3 N–H and O–H groups in total. The van der Waals surface area contributed by atoms with E-state index in [2.05, 4.69) is 10.3 Å². The third kappa shape index (κ3) is 6.15. The van der Waals surface area contributed by atoms with Crippen LogP contribution in [0.25, 0.3) is 0 Å². The van der Waals surface area contributed by atoms with Gasteiger partial charge in [0.1, 0.15) is 5.84 Å². The standard InChI is InChI=1S/C21H30N6O3/c1-16-5-7-17(8-6-16)27(15-28)10-9-18(23-4)24-20(30)26-13-11-25(12-14-26)19(29)21(2,3)22/h5-10,15H,11-14,22H2,1-4H3,(H,23,24,30)/b10-9-. The van der Waals surface area contributed by atoms with Crippen LogP contribution < -0.4 is 16.0 Å². The number of carbonyl (C=O) groups is 3. The zero-order chi connectivity index (χ0) is 22.3. The van der Waals surface area contributed by atoms with E-state index in [0.29, 0.717) is 44.1 Å². The molecule has 1 heterocycles. The highest BCUT2D eigenvalue weighted by Crippen LogP contribution is 2.14. The van der Waals surface area contributed by atoms with Crippen LogP contribution in [0.4, 0.5) is 10.5 Å². The number of piperazine rings is 1. The number of anilines is 1. The van der Waals surface area contributed by atoms with Gasteiger partial charge >= 0.3 is 6.03 Å². The summed E-state index contributed by atoms with van der Waals surface area (Å²) in [4.78, 5) is 45.0. The Morgan fingerprint density at radius 1 is 1.13 bits per heavy atom. The van der Waals surface area contributed by atoms with Crippen molar-refractivity contribution in [3.8, 4) is 0 Å². The van der Waals surface area contributed by atoms with Gasteiger partial charge in [-0.1, -0.05) is 17.7 Å². The van der Waals surface area contributed by atoms with Gasteiger partial charge < -0.3 is 15.5 Å². The minimum atomic E-state index is -0.931. The van der Waals surface area contributed by atoms with Crippen molar-refractivity contribution in [2.24, 2.45) is 10.7 Å². The van der Waals surface area contributed by atoms with E-state index >= 15 is 0 Å². The molecule has 1 aromatic rings. The van der Waals surface area contributed by atoms with Crippen LogP contribution in [-0.4, -0.2) is 72.7 Å². The van der Waals surface area contributed by atoms with Crippen molar-refractivity contribution >= 4 is 29.9 Å². The van der Waals surface area contributed by atoms with Crippen LogP contribution >= 0.6 is 0 Å². The van der Waals surface area contributed by atoms with Gasteiger partial charge in [0.2, 0.25) is 12.3 Å². The maximum Gasteiger partial charge on any atom is 0.323 e. The fraction of sp³-hybridized carbons (Fsp3) is 0.429. The second-order valence-corrected chi connectivity index (χ2v) is 7.70. The molecule has 0 spiro atoms. The van der Waals surface area contributed by atoms with Crippen LogP contribution in [0.3, 0.4) is 0 Å². The molecule has 1 aliphatic rings. The van der Waals surface area contributed by atoms with Crippen molar-refractivity contribution in [2.75, 3.05) is 38.1 Å². The zero-order valence-corrected chi connectivity index (χ0v) is 18.0. The SMILES string of the molecule is C/N=C(\C=C/N(C=O)c1ccc(C)cc1)NC(=O)N1CCN(C(=O)C(C)(C)N)CC1. The van der Waals surface area contributed by atoms with E-state index in [4.69, 9.17) is 5.73 Å². The van der Waals surface area contributed by atoms with Gasteiger partial charge in [-0.05, 0) is 39.0 Å². The molecule has 2 rings (SSSR count). The van der Waals surface area contributed by atoms with Crippen LogP contribution in [0, 0.1) is 6.92 Å². The van der Waals surface area contributed by atoms with Crippen LogP contribution in [-0.2, 0) is 9.59 Å². The number of urea groups is 1. The van der Waals surface area contributed by atoms with Crippen molar-refractivity contribution in [3.05, 3.63) is 42.1 Å². The number of aryl methyl sites for hydroxylation is 1. The molecular formula is C21H30N6O3. The molecule has 0 radical (unpaired) electrons. The third-order valence-corrected chi connectivity index (χ3v) is 4.72. The molecule has 0 unspecified atom stereocenters. The van der Waals surface area contributed by atoms with E-state index in [1.165, 1.54) is 4.90 Å². The second-order valence-electron chi connectivity index (χ2n) is 7.70. The molecule has 9 heteroatoms. The molecule has 0 bridgehead atoms. The van der Waals surface area contributed by atoms with Gasteiger partial charge in [-0.25, -0.2) is 4.79 Å². The van der Waals surface area contributed by atoms with Gasteiger partial charge in [0.25, 0.3) is 0 Å². The fourth-order valence-corrected chi connectivity index (χ4v) is 2.93. The van der Waals surface area contributed by atoms with Crippen LogP contribution in [0.5, 0.6) is 0 Å². The van der Waals surface area contributed by atoms with Gasteiger partial charge in [0.15, 0.2) is 0 Å². The smallest absolute Gasteiger partial charge is 0.323 e. The van der Waals surface area contributed by atoms with E-state index in [1.807, 2.05) is 31.2 Å². The topological polar surface area (TPSA) is 111 Å². The van der Waals surface area contributed by atoms with E-state index in [1.54, 1.807) is 43.0 Å². The molecule has 162 valence electrons. The monoisotopic (exact) mass is 414 g/mol. The predicted molar refractivity (Wildman–Crippen MR) is 117 cm³/mol. The summed E-state index contributed by atoms with van der Waals surface area (Å²) in [5.41, 5.74) is 6.74. The summed E-state index contributed by atoms with van der Waals surface area (Å²) >= 11 is 0. The average Bonchev–Trinajstić information content (AvgIpc) is 2.73. The highest BCUT2D eigenvalue weighted by Gasteiger charge is 2.31. The molecule has 0 saturated carbocycles. The molecule has 4 amide bonds. The Kier molecular flexibility index (Phi) is 7.71. The normalized spacial score (nSPS) is 15.3. The molecule has 1 fully saturated rings. The van der Waals surface area contributed by atoms with Gasteiger partial charge in [0.05, 0.1) is 5.54 Å². The molecule has 9 nitrogen and oxygen atoms in total. The van der Waals surface area contributed by atoms with Crippen LogP contribution in [0.2, 0.25) is 0 Å². The predicted octanol–water partition coefficient (Wildman–Crippen LogP) is 1.09. The summed E-state index contributed by atoms with van der Waals surface area (Å²) in [7, 11) is 1.55. The maximum absolute atomic E-state index is 12.6.